The van der Waals surface area contributed by atoms with Gasteiger partial charge in [-0.3, -0.25) is 4.98 Å². The molecule has 5 aromatic rings. The molecule has 52 heavy (non-hydrogen) atoms. The number of aromatic nitrogens is 1. The fourth-order valence-corrected chi connectivity index (χ4v) is 8.80. The van der Waals surface area contributed by atoms with Crippen LogP contribution in [0.4, 0.5) is 33.4 Å². The number of thiazole rings is 1. The molecule has 0 fully saturated rings. The van der Waals surface area contributed by atoms with Gasteiger partial charge in [-0.1, -0.05) is 140 Å². The Morgan fingerprint density at radius 2 is 0.904 bits per heavy atom. The second kappa shape index (κ2) is 11.8. The van der Waals surface area contributed by atoms with Gasteiger partial charge >= 0.3 is 0 Å². The third kappa shape index (κ3) is 6.21. The topological polar surface area (TPSA) is 19.4 Å². The van der Waals surface area contributed by atoms with Crippen molar-refractivity contribution >= 4 is 68.0 Å². The molecule has 0 aliphatic carbocycles. The second-order valence-electron chi connectivity index (χ2n) is 20.4. The molecular formula is C47H58BN3S. The average molecular weight is 708 g/mol. The van der Waals surface area contributed by atoms with E-state index in [-0.39, 0.29) is 33.8 Å². The van der Waals surface area contributed by atoms with E-state index in [2.05, 4.69) is 193 Å². The van der Waals surface area contributed by atoms with E-state index >= 15 is 0 Å². The number of rotatable bonds is 2. The van der Waals surface area contributed by atoms with E-state index in [0.717, 1.165) is 0 Å². The van der Waals surface area contributed by atoms with Gasteiger partial charge in [0.15, 0.2) is 0 Å². The van der Waals surface area contributed by atoms with Gasteiger partial charge in [0.2, 0.25) is 0 Å². The summed E-state index contributed by atoms with van der Waals surface area (Å²) in [5.74, 6) is 0. The van der Waals surface area contributed by atoms with Crippen LogP contribution in [0.25, 0.3) is 0 Å². The third-order valence-corrected chi connectivity index (χ3v) is 12.4. The van der Waals surface area contributed by atoms with Gasteiger partial charge in [0.05, 0.1) is 10.6 Å². The highest BCUT2D eigenvalue weighted by Crippen LogP contribution is 2.48. The fraction of sp³-hybridized carbons (Fsp3) is 0.426. The SMILES string of the molecule is CC(C)(C)c1ccc(N2c3ccc(C(C)(C)C)cc3B3c4nc(C(C)(C)C)sc4N(c4ccc(C(C)(C)C)cc4)c4cc(C(C)(C)C)cc2c43)cc1. The molecule has 0 N–H and O–H groups in total. The summed E-state index contributed by atoms with van der Waals surface area (Å²) in [4.78, 5) is 10.7. The molecule has 0 saturated heterocycles. The summed E-state index contributed by atoms with van der Waals surface area (Å²) in [6, 6.07) is 30.8. The van der Waals surface area contributed by atoms with E-state index in [4.69, 9.17) is 4.98 Å². The molecular weight excluding hydrogens is 649 g/mol. The van der Waals surface area contributed by atoms with Crippen molar-refractivity contribution in [3.05, 3.63) is 106 Å². The van der Waals surface area contributed by atoms with Crippen LogP contribution in [0.15, 0.2) is 78.9 Å². The summed E-state index contributed by atoms with van der Waals surface area (Å²) in [6.45, 7) is 34.6. The van der Waals surface area contributed by atoms with Gasteiger partial charge < -0.3 is 9.80 Å². The quantitative estimate of drug-likeness (QED) is 0.167. The van der Waals surface area contributed by atoms with Crippen LogP contribution >= 0.6 is 11.3 Å². The van der Waals surface area contributed by atoms with Crippen LogP contribution in [0, 0.1) is 0 Å². The molecule has 0 spiro atoms. The highest BCUT2D eigenvalue weighted by atomic mass is 32.1. The standard InChI is InChI=1S/C47H58BN3S/c1-43(2,3)29-16-21-33(22-17-29)50-36-25-20-31(45(7,8)9)26-35(36)48-39-37(50)27-32(46(10,11)12)28-38(39)51(34-23-18-30(19-24-34)44(4,5)6)41-40(48)49-42(52-41)47(13,14)15/h16-28H,1-15H3. The van der Waals surface area contributed by atoms with E-state index in [1.165, 1.54) is 77.2 Å². The highest BCUT2D eigenvalue weighted by molar-refractivity contribution is 7.19. The molecule has 3 heterocycles. The maximum Gasteiger partial charge on any atom is 0.276 e. The van der Waals surface area contributed by atoms with Crippen LogP contribution in [-0.4, -0.2) is 11.7 Å². The summed E-state index contributed by atoms with van der Waals surface area (Å²) in [7, 11) is 0. The molecule has 7 rings (SSSR count). The van der Waals surface area contributed by atoms with Crippen LogP contribution in [0.3, 0.4) is 0 Å². The minimum Gasteiger partial charge on any atom is -0.311 e. The van der Waals surface area contributed by atoms with Gasteiger partial charge in [-0.05, 0) is 97.3 Å². The van der Waals surface area contributed by atoms with Crippen LogP contribution in [0.2, 0.25) is 0 Å². The first-order chi connectivity index (χ1) is 23.9. The molecule has 4 aromatic carbocycles. The molecule has 0 saturated carbocycles. The Bertz CT molecular complexity index is 2160. The van der Waals surface area contributed by atoms with Crippen LogP contribution in [0.1, 0.15) is 131 Å². The van der Waals surface area contributed by atoms with Crippen molar-refractivity contribution < 1.29 is 0 Å². The largest absolute Gasteiger partial charge is 0.311 e. The molecule has 2 aliphatic heterocycles. The Morgan fingerprint density at radius 3 is 1.37 bits per heavy atom. The van der Waals surface area contributed by atoms with E-state index < -0.39 is 0 Å². The van der Waals surface area contributed by atoms with Crippen LogP contribution in [0.5, 0.6) is 0 Å². The Hall–Kier alpha value is -3.83. The first kappa shape index (κ1) is 36.5. The molecule has 0 atom stereocenters. The van der Waals surface area contributed by atoms with E-state index in [9.17, 15) is 0 Å². The number of nitrogens with zero attached hydrogens (tertiary/aromatic N) is 3. The molecule has 0 bridgehead atoms. The van der Waals surface area contributed by atoms with Crippen LogP contribution < -0.4 is 26.3 Å². The lowest BCUT2D eigenvalue weighted by Gasteiger charge is -2.44. The van der Waals surface area contributed by atoms with Crippen molar-refractivity contribution in [1.29, 1.82) is 0 Å². The summed E-state index contributed by atoms with van der Waals surface area (Å²) in [6.07, 6.45) is 0. The summed E-state index contributed by atoms with van der Waals surface area (Å²) < 4.78 is 0. The Balaban J connectivity index is 1.60. The third-order valence-electron chi connectivity index (χ3n) is 11.0. The lowest BCUT2D eigenvalue weighted by molar-refractivity contribution is 0.586. The second-order valence-corrected chi connectivity index (χ2v) is 21.3. The zero-order chi connectivity index (χ0) is 37.9. The number of anilines is 6. The lowest BCUT2D eigenvalue weighted by Crippen LogP contribution is -2.62. The predicted molar refractivity (Wildman–Crippen MR) is 230 cm³/mol. The first-order valence-corrected chi connectivity index (χ1v) is 19.9. The smallest absolute Gasteiger partial charge is 0.276 e. The molecule has 5 heteroatoms. The number of fused-ring (bicyclic) bond motifs is 4. The molecule has 270 valence electrons. The normalized spacial score (nSPS) is 14.7. The van der Waals surface area contributed by atoms with Crippen molar-refractivity contribution in [3.8, 4) is 0 Å². The van der Waals surface area contributed by atoms with E-state index in [1.807, 2.05) is 11.3 Å². The Labute approximate surface area is 318 Å². The summed E-state index contributed by atoms with van der Waals surface area (Å²) in [5.41, 5.74) is 15.3. The maximum absolute atomic E-state index is 5.64. The maximum atomic E-state index is 5.64. The van der Waals surface area contributed by atoms with Crippen LogP contribution in [-0.2, 0) is 27.1 Å². The molecule has 0 amide bonds. The van der Waals surface area contributed by atoms with Crippen molar-refractivity contribution in [2.75, 3.05) is 9.80 Å². The average Bonchev–Trinajstić information content (AvgIpc) is 3.48. The lowest BCUT2D eigenvalue weighted by atomic mass is 9.35. The molecule has 3 nitrogen and oxygen atoms in total. The highest BCUT2D eigenvalue weighted by Gasteiger charge is 2.47. The van der Waals surface area contributed by atoms with Gasteiger partial charge in [-0.15, -0.1) is 11.3 Å². The van der Waals surface area contributed by atoms with Crippen molar-refractivity contribution in [2.45, 2.75) is 131 Å². The number of hydrogen-bond donors (Lipinski definition) is 0. The molecule has 0 radical (unpaired) electrons. The minimum atomic E-state index is -0.0824. The van der Waals surface area contributed by atoms with E-state index in [1.54, 1.807) is 0 Å². The molecule has 1 aromatic heterocycles. The predicted octanol–water partition coefficient (Wildman–Crippen LogP) is 11.7. The first-order valence-electron chi connectivity index (χ1n) is 19.1. The fourth-order valence-electron chi connectivity index (χ4n) is 7.60. The minimum absolute atomic E-state index is 0.00436. The Morgan fingerprint density at radius 1 is 0.462 bits per heavy atom. The van der Waals surface area contributed by atoms with Gasteiger partial charge in [0.1, 0.15) is 5.00 Å². The van der Waals surface area contributed by atoms with Gasteiger partial charge in [0, 0.05) is 33.9 Å². The van der Waals surface area contributed by atoms with Gasteiger partial charge in [0.25, 0.3) is 6.71 Å². The monoisotopic (exact) mass is 707 g/mol. The zero-order valence-electron chi connectivity index (χ0n) is 34.3. The van der Waals surface area contributed by atoms with Crippen molar-refractivity contribution in [3.63, 3.8) is 0 Å². The molecule has 2 aliphatic rings. The number of hydrogen-bond acceptors (Lipinski definition) is 4. The van der Waals surface area contributed by atoms with Gasteiger partial charge in [-0.25, -0.2) is 0 Å². The number of benzene rings is 4. The van der Waals surface area contributed by atoms with E-state index in [0.29, 0.717) is 0 Å². The summed E-state index contributed by atoms with van der Waals surface area (Å²) >= 11 is 1.87. The Kier molecular flexibility index (Phi) is 8.32. The summed E-state index contributed by atoms with van der Waals surface area (Å²) in [5, 5.41) is 2.41. The zero-order valence-corrected chi connectivity index (χ0v) is 35.1. The van der Waals surface area contributed by atoms with Crippen molar-refractivity contribution in [1.82, 2.24) is 4.98 Å². The van der Waals surface area contributed by atoms with Gasteiger partial charge in [-0.2, -0.15) is 0 Å². The van der Waals surface area contributed by atoms with Crippen molar-refractivity contribution in [2.24, 2.45) is 0 Å². The molecule has 0 unspecified atom stereocenters.